The molecule has 1 heterocycles. The summed E-state index contributed by atoms with van der Waals surface area (Å²) in [5.41, 5.74) is 7.71. The lowest BCUT2D eigenvalue weighted by atomic mass is 9.87. The Morgan fingerprint density at radius 3 is 2.42 bits per heavy atom. The first-order valence-electron chi connectivity index (χ1n) is 6.71. The molecule has 0 radical (unpaired) electrons. The van der Waals surface area contributed by atoms with Gasteiger partial charge in [-0.25, -0.2) is 0 Å². The van der Waals surface area contributed by atoms with Crippen molar-refractivity contribution >= 4 is 11.6 Å². The van der Waals surface area contributed by atoms with Gasteiger partial charge in [-0.1, -0.05) is 20.8 Å². The molecule has 0 aliphatic heterocycles. The summed E-state index contributed by atoms with van der Waals surface area (Å²) in [7, 11) is 1.82. The lowest BCUT2D eigenvalue weighted by molar-refractivity contribution is 0.0618. The topological polar surface area (TPSA) is 64.2 Å². The summed E-state index contributed by atoms with van der Waals surface area (Å²) in [5, 5.41) is 4.30. The fourth-order valence-electron chi connectivity index (χ4n) is 1.97. The van der Waals surface area contributed by atoms with Crippen molar-refractivity contribution in [1.82, 2.24) is 14.7 Å². The van der Waals surface area contributed by atoms with Crippen LogP contribution in [-0.4, -0.2) is 33.7 Å². The first-order chi connectivity index (χ1) is 8.61. The van der Waals surface area contributed by atoms with Gasteiger partial charge in [0, 0.05) is 19.6 Å². The average Bonchev–Trinajstić information content (AvgIpc) is 2.61. The van der Waals surface area contributed by atoms with Crippen LogP contribution in [0.25, 0.3) is 0 Å². The minimum absolute atomic E-state index is 0.0191. The van der Waals surface area contributed by atoms with E-state index in [4.69, 9.17) is 5.73 Å². The summed E-state index contributed by atoms with van der Waals surface area (Å²) in [6, 6.07) is 0.111. The number of carbonyl (C=O) groups is 1. The predicted molar refractivity (Wildman–Crippen MR) is 78.1 cm³/mol. The van der Waals surface area contributed by atoms with Crippen molar-refractivity contribution in [3.05, 3.63) is 11.4 Å². The number of nitrogens with two attached hydrogens (primary N) is 1. The summed E-state index contributed by atoms with van der Waals surface area (Å²) >= 11 is 0. The molecule has 0 fully saturated rings. The lowest BCUT2D eigenvalue weighted by Crippen LogP contribution is -2.43. The first-order valence-corrected chi connectivity index (χ1v) is 6.71. The van der Waals surface area contributed by atoms with Crippen molar-refractivity contribution in [1.29, 1.82) is 0 Å². The molecule has 0 bridgehead atoms. The summed E-state index contributed by atoms with van der Waals surface area (Å²) < 4.78 is 1.68. The Balaban J connectivity index is 3.14. The van der Waals surface area contributed by atoms with E-state index in [1.807, 2.05) is 27.8 Å². The quantitative estimate of drug-likeness (QED) is 0.913. The lowest BCUT2D eigenvalue weighted by Gasteiger charge is -2.35. The van der Waals surface area contributed by atoms with E-state index < -0.39 is 0 Å². The van der Waals surface area contributed by atoms with Gasteiger partial charge >= 0.3 is 0 Å². The van der Waals surface area contributed by atoms with Crippen LogP contribution < -0.4 is 5.73 Å². The first kappa shape index (κ1) is 15.5. The Hall–Kier alpha value is -1.52. The number of nitrogens with zero attached hydrogens (tertiary/aromatic N) is 3. The molecule has 1 amide bonds. The van der Waals surface area contributed by atoms with Crippen LogP contribution in [0.3, 0.4) is 0 Å². The molecule has 5 nitrogen and oxygen atoms in total. The third-order valence-electron chi connectivity index (χ3n) is 3.83. The minimum Gasteiger partial charge on any atom is -0.395 e. The Bertz CT molecular complexity index is 471. The van der Waals surface area contributed by atoms with Crippen molar-refractivity contribution in [2.75, 3.05) is 12.8 Å². The summed E-state index contributed by atoms with van der Waals surface area (Å²) in [4.78, 5) is 14.4. The van der Waals surface area contributed by atoms with E-state index >= 15 is 0 Å². The van der Waals surface area contributed by atoms with Crippen molar-refractivity contribution in [2.45, 2.75) is 54.1 Å². The molecule has 0 aliphatic carbocycles. The maximum absolute atomic E-state index is 12.6. The van der Waals surface area contributed by atoms with Gasteiger partial charge in [0.25, 0.3) is 5.91 Å². The minimum atomic E-state index is -0.0672. The van der Waals surface area contributed by atoms with Crippen LogP contribution in [0.4, 0.5) is 5.69 Å². The maximum Gasteiger partial charge on any atom is 0.274 e. The second-order valence-electron chi connectivity index (χ2n) is 6.12. The van der Waals surface area contributed by atoms with Gasteiger partial charge in [0.1, 0.15) is 5.69 Å². The second kappa shape index (κ2) is 5.23. The molecule has 1 rings (SSSR count). The van der Waals surface area contributed by atoms with E-state index in [2.05, 4.69) is 25.9 Å². The molecule has 1 unspecified atom stereocenters. The number of anilines is 1. The van der Waals surface area contributed by atoms with Crippen LogP contribution in [0.1, 0.15) is 50.8 Å². The predicted octanol–water partition coefficient (Wildman–Crippen LogP) is 2.30. The van der Waals surface area contributed by atoms with E-state index in [1.54, 1.807) is 9.58 Å². The van der Waals surface area contributed by atoms with Gasteiger partial charge in [0.2, 0.25) is 0 Å². The van der Waals surface area contributed by atoms with Gasteiger partial charge in [0.05, 0.1) is 11.4 Å². The molecule has 0 aromatic carbocycles. The highest BCUT2D eigenvalue weighted by atomic mass is 16.2. The number of nitrogen functional groups attached to an aromatic ring is 1. The molecule has 1 aromatic heterocycles. The number of rotatable bonds is 3. The molecule has 5 heteroatoms. The Morgan fingerprint density at radius 1 is 1.47 bits per heavy atom. The van der Waals surface area contributed by atoms with E-state index in [-0.39, 0.29) is 17.4 Å². The molecule has 19 heavy (non-hydrogen) atoms. The molecular formula is C14H26N4O. The Morgan fingerprint density at radius 2 is 2.00 bits per heavy atom. The largest absolute Gasteiger partial charge is 0.395 e. The zero-order valence-electron chi connectivity index (χ0n) is 13.1. The van der Waals surface area contributed by atoms with E-state index in [9.17, 15) is 4.79 Å². The van der Waals surface area contributed by atoms with Crippen LogP contribution >= 0.6 is 0 Å². The average molecular weight is 266 g/mol. The van der Waals surface area contributed by atoms with Crippen molar-refractivity contribution in [3.8, 4) is 0 Å². The number of carbonyl (C=O) groups excluding carboxylic acids is 1. The van der Waals surface area contributed by atoms with Crippen LogP contribution in [0.15, 0.2) is 0 Å². The van der Waals surface area contributed by atoms with Crippen LogP contribution in [0.2, 0.25) is 0 Å². The number of aryl methyl sites for hydroxylation is 2. The molecule has 1 aromatic rings. The highest BCUT2D eigenvalue weighted by Crippen LogP contribution is 2.26. The number of amides is 1. The van der Waals surface area contributed by atoms with Gasteiger partial charge in [-0.15, -0.1) is 0 Å². The summed E-state index contributed by atoms with van der Waals surface area (Å²) in [5.74, 6) is -0.0672. The van der Waals surface area contributed by atoms with Gasteiger partial charge < -0.3 is 10.6 Å². The highest BCUT2D eigenvalue weighted by Gasteiger charge is 2.30. The van der Waals surface area contributed by atoms with Crippen molar-refractivity contribution < 1.29 is 4.79 Å². The molecule has 108 valence electrons. The highest BCUT2D eigenvalue weighted by molar-refractivity contribution is 5.98. The van der Waals surface area contributed by atoms with Crippen molar-refractivity contribution in [2.24, 2.45) is 5.41 Å². The maximum atomic E-state index is 12.6. The number of hydrogen-bond donors (Lipinski definition) is 1. The van der Waals surface area contributed by atoms with Crippen LogP contribution in [0, 0.1) is 12.3 Å². The number of aromatic nitrogens is 2. The zero-order chi connectivity index (χ0) is 15.0. The molecule has 0 saturated carbocycles. The van der Waals surface area contributed by atoms with E-state index in [1.165, 1.54) is 0 Å². The third-order valence-corrected chi connectivity index (χ3v) is 3.83. The van der Waals surface area contributed by atoms with E-state index in [0.717, 1.165) is 0 Å². The van der Waals surface area contributed by atoms with Crippen LogP contribution in [-0.2, 0) is 6.54 Å². The van der Waals surface area contributed by atoms with Gasteiger partial charge in [0.15, 0.2) is 0 Å². The fourth-order valence-corrected chi connectivity index (χ4v) is 1.97. The second-order valence-corrected chi connectivity index (χ2v) is 6.12. The molecule has 2 N–H and O–H groups in total. The molecule has 1 atom stereocenters. The van der Waals surface area contributed by atoms with Gasteiger partial charge in [-0.2, -0.15) is 5.10 Å². The summed E-state index contributed by atoms with van der Waals surface area (Å²) in [6.45, 7) is 12.8. The van der Waals surface area contributed by atoms with Crippen molar-refractivity contribution in [3.63, 3.8) is 0 Å². The van der Waals surface area contributed by atoms with Gasteiger partial charge in [-0.05, 0) is 26.2 Å². The standard InChI is InChI=1S/C14H26N4O/c1-8-18-12(11(15)9(2)16-18)13(19)17(7)10(3)14(4,5)6/h10H,8,15H2,1-7H3. The molecule has 0 spiro atoms. The molecule has 0 aliphatic rings. The Kier molecular flexibility index (Phi) is 4.28. The fraction of sp³-hybridized carbons (Fsp3) is 0.714. The summed E-state index contributed by atoms with van der Waals surface area (Å²) in [6.07, 6.45) is 0. The third kappa shape index (κ3) is 2.91. The molecular weight excluding hydrogens is 240 g/mol. The number of hydrogen-bond acceptors (Lipinski definition) is 3. The van der Waals surface area contributed by atoms with Gasteiger partial charge in [-0.3, -0.25) is 9.48 Å². The SMILES string of the molecule is CCn1nc(C)c(N)c1C(=O)N(C)C(C)C(C)(C)C. The zero-order valence-corrected chi connectivity index (χ0v) is 13.1. The smallest absolute Gasteiger partial charge is 0.274 e. The molecule has 0 saturated heterocycles. The Labute approximate surface area is 115 Å². The van der Waals surface area contributed by atoms with E-state index in [0.29, 0.717) is 23.6 Å². The normalized spacial score (nSPS) is 13.4. The monoisotopic (exact) mass is 266 g/mol. The van der Waals surface area contributed by atoms with Crippen LogP contribution in [0.5, 0.6) is 0 Å².